The minimum absolute atomic E-state index is 0.0786. The van der Waals surface area contributed by atoms with Crippen LogP contribution in [0.4, 0.5) is 5.13 Å². The third-order valence-corrected chi connectivity index (χ3v) is 6.31. The van der Waals surface area contributed by atoms with Crippen LogP contribution in [0.5, 0.6) is 0 Å². The molecule has 8 heteroatoms. The molecule has 1 amide bonds. The number of Topliss-reactive ketones (excluding diaryl/α,β-unsaturated/α-hetero) is 1. The average Bonchev–Trinajstić information content (AvgIpc) is 3.24. The summed E-state index contributed by atoms with van der Waals surface area (Å²) in [5.74, 6) is 0.0124. The van der Waals surface area contributed by atoms with Crippen LogP contribution in [0.15, 0.2) is 18.5 Å². The molecule has 0 radical (unpaired) electrons. The van der Waals surface area contributed by atoms with Gasteiger partial charge in [-0.05, 0) is 43.8 Å². The van der Waals surface area contributed by atoms with Gasteiger partial charge in [-0.25, -0.2) is 4.98 Å². The molecule has 138 valence electrons. The fourth-order valence-electron chi connectivity index (χ4n) is 3.91. The van der Waals surface area contributed by atoms with Gasteiger partial charge in [0.2, 0.25) is 0 Å². The SMILES string of the molecule is CC1(C)CC(=O)c2sc(NC(=O)C3(n4cccn4)CCNCC3)nc2C1. The standard InChI is InChI=1S/C18H23N5O2S/c1-17(2)10-12-14(13(24)11-17)26-16(21-12)22-15(25)18(4-7-19-8-5-18)23-9-3-6-20-23/h3,6,9,19H,4-5,7-8,10-11H2,1-2H3,(H,21,22,25). The Morgan fingerprint density at radius 3 is 2.77 bits per heavy atom. The maximum atomic E-state index is 13.2. The van der Waals surface area contributed by atoms with E-state index in [0.29, 0.717) is 29.3 Å². The van der Waals surface area contributed by atoms with Crippen molar-refractivity contribution in [2.45, 2.75) is 45.1 Å². The lowest BCUT2D eigenvalue weighted by Gasteiger charge is -2.36. The Kier molecular flexibility index (Phi) is 4.19. The molecule has 2 aromatic heterocycles. The summed E-state index contributed by atoms with van der Waals surface area (Å²) in [4.78, 5) is 30.8. The van der Waals surface area contributed by atoms with Crippen molar-refractivity contribution in [2.24, 2.45) is 5.41 Å². The fourth-order valence-corrected chi connectivity index (χ4v) is 4.82. The van der Waals surface area contributed by atoms with Crippen molar-refractivity contribution < 1.29 is 9.59 Å². The van der Waals surface area contributed by atoms with Crippen molar-refractivity contribution >= 4 is 28.2 Å². The summed E-state index contributed by atoms with van der Waals surface area (Å²) in [7, 11) is 0. The number of aromatic nitrogens is 3. The zero-order valence-electron chi connectivity index (χ0n) is 15.0. The van der Waals surface area contributed by atoms with E-state index in [2.05, 4.69) is 34.6 Å². The maximum Gasteiger partial charge on any atom is 0.254 e. The molecule has 0 saturated carbocycles. The van der Waals surface area contributed by atoms with Crippen molar-refractivity contribution in [3.05, 3.63) is 29.0 Å². The van der Waals surface area contributed by atoms with E-state index in [1.807, 2.05) is 12.3 Å². The molecule has 2 aliphatic rings. The van der Waals surface area contributed by atoms with Crippen LogP contribution in [-0.4, -0.2) is 39.5 Å². The second-order valence-electron chi connectivity index (χ2n) is 7.92. The number of hydrogen-bond acceptors (Lipinski definition) is 6. The third-order valence-electron chi connectivity index (χ3n) is 5.25. The van der Waals surface area contributed by atoms with Gasteiger partial charge < -0.3 is 5.32 Å². The second-order valence-corrected chi connectivity index (χ2v) is 8.92. The summed E-state index contributed by atoms with van der Waals surface area (Å²) in [6.07, 6.45) is 6.14. The van der Waals surface area contributed by atoms with Gasteiger partial charge in [0.1, 0.15) is 5.54 Å². The quantitative estimate of drug-likeness (QED) is 0.861. The Morgan fingerprint density at radius 1 is 1.31 bits per heavy atom. The lowest BCUT2D eigenvalue weighted by atomic mass is 9.78. The zero-order valence-corrected chi connectivity index (χ0v) is 15.9. The van der Waals surface area contributed by atoms with Gasteiger partial charge in [-0.3, -0.25) is 19.6 Å². The van der Waals surface area contributed by atoms with Crippen LogP contribution >= 0.6 is 11.3 Å². The smallest absolute Gasteiger partial charge is 0.254 e. The Hall–Kier alpha value is -2.06. The van der Waals surface area contributed by atoms with Gasteiger partial charge >= 0.3 is 0 Å². The van der Waals surface area contributed by atoms with Gasteiger partial charge in [0.25, 0.3) is 5.91 Å². The van der Waals surface area contributed by atoms with Crippen LogP contribution in [0.1, 0.15) is 48.5 Å². The van der Waals surface area contributed by atoms with Gasteiger partial charge in [-0.1, -0.05) is 25.2 Å². The normalized spacial score (nSPS) is 21.2. The number of ketones is 1. The van der Waals surface area contributed by atoms with Crippen LogP contribution in [0.25, 0.3) is 0 Å². The number of anilines is 1. The van der Waals surface area contributed by atoms with Crippen LogP contribution in [-0.2, 0) is 16.8 Å². The number of nitrogens with one attached hydrogen (secondary N) is 2. The number of fused-ring (bicyclic) bond motifs is 1. The molecule has 7 nitrogen and oxygen atoms in total. The second kappa shape index (κ2) is 6.28. The molecular weight excluding hydrogens is 350 g/mol. The molecule has 1 aliphatic carbocycles. The van der Waals surface area contributed by atoms with Crippen LogP contribution in [0.2, 0.25) is 0 Å². The summed E-state index contributed by atoms with van der Waals surface area (Å²) in [6, 6.07) is 1.83. The first-order valence-corrected chi connectivity index (χ1v) is 9.77. The molecule has 4 rings (SSSR count). The van der Waals surface area contributed by atoms with Crippen LogP contribution in [0, 0.1) is 5.41 Å². The number of carbonyl (C=O) groups excluding carboxylic acids is 2. The predicted molar refractivity (Wildman–Crippen MR) is 99.5 cm³/mol. The van der Waals surface area contributed by atoms with Gasteiger partial charge in [-0.15, -0.1) is 0 Å². The highest BCUT2D eigenvalue weighted by molar-refractivity contribution is 7.17. The summed E-state index contributed by atoms with van der Waals surface area (Å²) >= 11 is 1.29. The van der Waals surface area contributed by atoms with Crippen molar-refractivity contribution in [1.29, 1.82) is 0 Å². The first-order valence-electron chi connectivity index (χ1n) is 8.95. The molecule has 1 aliphatic heterocycles. The molecule has 3 heterocycles. The minimum atomic E-state index is -0.718. The topological polar surface area (TPSA) is 88.9 Å². The zero-order chi connectivity index (χ0) is 18.4. The monoisotopic (exact) mass is 373 g/mol. The first kappa shape index (κ1) is 17.4. The number of carbonyl (C=O) groups is 2. The molecule has 2 N–H and O–H groups in total. The molecule has 2 aromatic rings. The molecule has 0 unspecified atom stereocenters. The Balaban J connectivity index is 1.61. The average molecular weight is 373 g/mol. The molecule has 0 aromatic carbocycles. The maximum absolute atomic E-state index is 13.2. The highest BCUT2D eigenvalue weighted by atomic mass is 32.1. The Morgan fingerprint density at radius 2 is 2.08 bits per heavy atom. The van der Waals surface area contributed by atoms with Gasteiger partial charge in [0.05, 0.1) is 10.6 Å². The van der Waals surface area contributed by atoms with Crippen LogP contribution < -0.4 is 10.6 Å². The van der Waals surface area contributed by atoms with Crippen molar-refractivity contribution in [1.82, 2.24) is 20.1 Å². The number of thiazole rings is 1. The number of amides is 1. The highest BCUT2D eigenvalue weighted by Crippen LogP contribution is 2.39. The molecule has 0 bridgehead atoms. The van der Waals surface area contributed by atoms with E-state index in [4.69, 9.17) is 0 Å². The van der Waals surface area contributed by atoms with Crippen molar-refractivity contribution in [3.8, 4) is 0 Å². The fraction of sp³-hybridized carbons (Fsp3) is 0.556. The summed E-state index contributed by atoms with van der Waals surface area (Å²) in [6.45, 7) is 5.67. The summed E-state index contributed by atoms with van der Waals surface area (Å²) < 4.78 is 1.75. The van der Waals surface area contributed by atoms with E-state index < -0.39 is 5.54 Å². The van der Waals surface area contributed by atoms with E-state index in [1.54, 1.807) is 10.9 Å². The van der Waals surface area contributed by atoms with E-state index in [0.717, 1.165) is 25.2 Å². The number of piperidine rings is 1. The van der Waals surface area contributed by atoms with Gasteiger partial charge in [-0.2, -0.15) is 5.10 Å². The lowest BCUT2D eigenvalue weighted by Crippen LogP contribution is -2.52. The molecular formula is C18H23N5O2S. The van der Waals surface area contributed by atoms with E-state index >= 15 is 0 Å². The molecule has 26 heavy (non-hydrogen) atoms. The minimum Gasteiger partial charge on any atom is -0.317 e. The Labute approximate surface area is 156 Å². The van der Waals surface area contributed by atoms with E-state index in [9.17, 15) is 9.59 Å². The third kappa shape index (κ3) is 2.97. The molecule has 0 atom stereocenters. The van der Waals surface area contributed by atoms with Gasteiger partial charge in [0.15, 0.2) is 10.9 Å². The van der Waals surface area contributed by atoms with E-state index in [-0.39, 0.29) is 17.1 Å². The van der Waals surface area contributed by atoms with E-state index in [1.165, 1.54) is 11.3 Å². The Bertz CT molecular complexity index is 834. The summed E-state index contributed by atoms with van der Waals surface area (Å²) in [5, 5.41) is 11.1. The number of rotatable bonds is 3. The predicted octanol–water partition coefficient (Wildman–Crippen LogP) is 2.21. The molecule has 1 fully saturated rings. The largest absolute Gasteiger partial charge is 0.317 e. The molecule has 0 spiro atoms. The molecule has 1 saturated heterocycles. The highest BCUT2D eigenvalue weighted by Gasteiger charge is 2.43. The number of nitrogens with zero attached hydrogens (tertiary/aromatic N) is 3. The van der Waals surface area contributed by atoms with Crippen LogP contribution in [0.3, 0.4) is 0 Å². The summed E-state index contributed by atoms with van der Waals surface area (Å²) in [5.41, 5.74) is 0.0135. The van der Waals surface area contributed by atoms with Gasteiger partial charge in [0, 0.05) is 18.8 Å². The van der Waals surface area contributed by atoms with Crippen molar-refractivity contribution in [3.63, 3.8) is 0 Å². The van der Waals surface area contributed by atoms with Crippen molar-refractivity contribution in [2.75, 3.05) is 18.4 Å². The lowest BCUT2D eigenvalue weighted by molar-refractivity contribution is -0.126. The first-order chi connectivity index (χ1) is 12.4. The number of hydrogen-bond donors (Lipinski definition) is 2.